The molecule has 0 fully saturated rings. The Morgan fingerprint density at radius 3 is 2.87 bits per heavy atom. The lowest BCUT2D eigenvalue weighted by atomic mass is 10.3. The summed E-state index contributed by atoms with van der Waals surface area (Å²) in [5.74, 6) is 0.821. The maximum Gasteiger partial charge on any atom is 0.188 e. The number of anilines is 3. The molecule has 7 heteroatoms. The van der Waals surface area contributed by atoms with Crippen molar-refractivity contribution < 1.29 is 4.74 Å². The quantitative estimate of drug-likeness (QED) is 0.565. The first-order valence-corrected chi connectivity index (χ1v) is 8.82. The number of benzene rings is 2. The van der Waals surface area contributed by atoms with Gasteiger partial charge in [-0.15, -0.1) is 0 Å². The minimum absolute atomic E-state index is 0.566. The van der Waals surface area contributed by atoms with Crippen LogP contribution >= 0.6 is 22.7 Å². The van der Waals surface area contributed by atoms with Crippen molar-refractivity contribution in [1.29, 1.82) is 0 Å². The summed E-state index contributed by atoms with van der Waals surface area (Å²) < 4.78 is 7.79. The third kappa shape index (κ3) is 2.58. The fourth-order valence-electron chi connectivity index (χ4n) is 2.41. The number of aromatic nitrogens is 2. The molecule has 0 amide bonds. The number of nitrogen functional groups attached to an aromatic ring is 1. The lowest BCUT2D eigenvalue weighted by Gasteiger charge is -2.09. The summed E-state index contributed by atoms with van der Waals surface area (Å²) in [5.41, 5.74) is 8.56. The molecular weight excluding hydrogens is 328 g/mol. The molecule has 0 unspecified atom stereocenters. The van der Waals surface area contributed by atoms with Crippen LogP contribution in [0.4, 0.5) is 16.0 Å². The van der Waals surface area contributed by atoms with Crippen LogP contribution in [-0.4, -0.2) is 16.6 Å². The van der Waals surface area contributed by atoms with E-state index in [1.165, 1.54) is 11.3 Å². The Labute approximate surface area is 140 Å². The van der Waals surface area contributed by atoms with Crippen LogP contribution in [0.2, 0.25) is 0 Å². The van der Waals surface area contributed by atoms with Crippen molar-refractivity contribution in [1.82, 2.24) is 9.97 Å². The summed E-state index contributed by atoms with van der Waals surface area (Å²) in [4.78, 5) is 9.03. The van der Waals surface area contributed by atoms with E-state index in [0.717, 1.165) is 37.0 Å². The van der Waals surface area contributed by atoms with Crippen LogP contribution in [0.5, 0.6) is 5.75 Å². The number of nitrogens with two attached hydrogens (primary N) is 1. The molecule has 2 aromatic carbocycles. The third-order valence-corrected chi connectivity index (χ3v) is 5.20. The molecule has 0 radical (unpaired) electrons. The summed E-state index contributed by atoms with van der Waals surface area (Å²) in [6.07, 6.45) is 0. The first-order chi connectivity index (χ1) is 11.2. The van der Waals surface area contributed by atoms with Crippen LogP contribution in [-0.2, 0) is 0 Å². The second kappa shape index (κ2) is 5.68. The van der Waals surface area contributed by atoms with Crippen molar-refractivity contribution in [2.75, 3.05) is 17.7 Å². The summed E-state index contributed by atoms with van der Waals surface area (Å²) in [7, 11) is 0. The van der Waals surface area contributed by atoms with Crippen molar-refractivity contribution >= 4 is 59.1 Å². The van der Waals surface area contributed by atoms with Crippen molar-refractivity contribution in [2.24, 2.45) is 0 Å². The molecule has 0 aliphatic rings. The van der Waals surface area contributed by atoms with E-state index in [0.29, 0.717) is 11.7 Å². The Hall–Kier alpha value is -2.38. The topological polar surface area (TPSA) is 73.1 Å². The van der Waals surface area contributed by atoms with Gasteiger partial charge in [0.15, 0.2) is 10.3 Å². The molecule has 2 aromatic heterocycles. The molecule has 0 atom stereocenters. The van der Waals surface area contributed by atoms with E-state index >= 15 is 0 Å². The summed E-state index contributed by atoms with van der Waals surface area (Å²) in [6, 6.07) is 11.9. The van der Waals surface area contributed by atoms with Crippen LogP contribution in [0.3, 0.4) is 0 Å². The number of nitrogens with one attached hydrogen (secondary N) is 1. The Balaban J connectivity index is 1.76. The van der Waals surface area contributed by atoms with Crippen LogP contribution in [0.1, 0.15) is 6.92 Å². The van der Waals surface area contributed by atoms with Gasteiger partial charge in [0.2, 0.25) is 0 Å². The first kappa shape index (κ1) is 14.2. The first-order valence-electron chi connectivity index (χ1n) is 7.19. The lowest BCUT2D eigenvalue weighted by molar-refractivity contribution is 0.342. The normalized spacial score (nSPS) is 11.2. The number of fused-ring (bicyclic) bond motifs is 3. The highest BCUT2D eigenvalue weighted by atomic mass is 32.1. The van der Waals surface area contributed by atoms with Crippen LogP contribution in [0.25, 0.3) is 20.4 Å². The molecule has 3 N–H and O–H groups in total. The molecule has 0 spiro atoms. The van der Waals surface area contributed by atoms with Crippen LogP contribution < -0.4 is 15.8 Å². The summed E-state index contributed by atoms with van der Waals surface area (Å²) in [5, 5.41) is 4.75. The largest absolute Gasteiger partial charge is 0.492 e. The van der Waals surface area contributed by atoms with E-state index in [1.807, 2.05) is 43.3 Å². The number of hydrogen-bond acceptors (Lipinski definition) is 7. The monoisotopic (exact) mass is 342 g/mol. The maximum absolute atomic E-state index is 5.82. The number of thiazole rings is 2. The van der Waals surface area contributed by atoms with Crippen LogP contribution in [0, 0.1) is 0 Å². The highest BCUT2D eigenvalue weighted by Gasteiger charge is 2.12. The van der Waals surface area contributed by atoms with Crippen molar-refractivity contribution in [3.05, 3.63) is 36.4 Å². The number of rotatable bonds is 4. The van der Waals surface area contributed by atoms with Crippen molar-refractivity contribution in [3.63, 3.8) is 0 Å². The molecular formula is C16H14N4OS2. The fourth-order valence-corrected chi connectivity index (χ4v) is 4.19. The second-order valence-corrected chi connectivity index (χ2v) is 6.95. The number of ether oxygens (including phenoxy) is 1. The van der Waals surface area contributed by atoms with Gasteiger partial charge in [-0.1, -0.05) is 34.8 Å². The van der Waals surface area contributed by atoms with Gasteiger partial charge in [0.25, 0.3) is 0 Å². The second-order valence-electron chi connectivity index (χ2n) is 4.89. The van der Waals surface area contributed by atoms with E-state index in [4.69, 9.17) is 15.5 Å². The molecule has 0 bridgehead atoms. The lowest BCUT2D eigenvalue weighted by Crippen LogP contribution is -1.97. The predicted molar refractivity (Wildman–Crippen MR) is 98.1 cm³/mol. The highest BCUT2D eigenvalue weighted by molar-refractivity contribution is 7.25. The molecule has 0 aliphatic heterocycles. The van der Waals surface area contributed by atoms with Gasteiger partial charge in [0.1, 0.15) is 11.3 Å². The van der Waals surface area contributed by atoms with E-state index in [2.05, 4.69) is 10.3 Å². The SMILES string of the molecule is CCOc1ccccc1Nc1nc2c(ccc3nc(N)sc32)s1. The molecule has 5 nitrogen and oxygen atoms in total. The molecule has 23 heavy (non-hydrogen) atoms. The van der Waals surface area contributed by atoms with Gasteiger partial charge in [0, 0.05) is 0 Å². The zero-order valence-corrected chi connectivity index (χ0v) is 14.0. The van der Waals surface area contributed by atoms with Gasteiger partial charge < -0.3 is 15.8 Å². The standard InChI is InChI=1S/C16H14N4OS2/c1-2-21-11-6-4-3-5-9(11)19-16-20-13-12(22-16)8-7-10-14(13)23-15(17)18-10/h3-8H,2H2,1H3,(H2,17,18)(H,19,20). The molecule has 0 saturated carbocycles. The highest BCUT2D eigenvalue weighted by Crippen LogP contribution is 2.37. The Morgan fingerprint density at radius 1 is 1.13 bits per heavy atom. The van der Waals surface area contributed by atoms with Crippen molar-refractivity contribution in [3.8, 4) is 5.75 Å². The van der Waals surface area contributed by atoms with Crippen molar-refractivity contribution in [2.45, 2.75) is 6.92 Å². The van der Waals surface area contributed by atoms with Gasteiger partial charge in [0.05, 0.1) is 27.2 Å². The van der Waals surface area contributed by atoms with Gasteiger partial charge in [-0.05, 0) is 31.2 Å². The zero-order valence-electron chi connectivity index (χ0n) is 12.4. The average molecular weight is 342 g/mol. The molecule has 2 heterocycles. The van der Waals surface area contributed by atoms with Gasteiger partial charge in [-0.3, -0.25) is 0 Å². The van der Waals surface area contributed by atoms with E-state index < -0.39 is 0 Å². The predicted octanol–water partition coefficient (Wildman–Crippen LogP) is 4.63. The minimum atomic E-state index is 0.566. The Morgan fingerprint density at radius 2 is 2.00 bits per heavy atom. The molecule has 4 aromatic rings. The van der Waals surface area contributed by atoms with Crippen LogP contribution in [0.15, 0.2) is 36.4 Å². The fraction of sp³-hybridized carbons (Fsp3) is 0.125. The number of nitrogens with zero attached hydrogens (tertiary/aromatic N) is 2. The average Bonchev–Trinajstić information content (AvgIpc) is 3.11. The van der Waals surface area contributed by atoms with Gasteiger partial charge >= 0.3 is 0 Å². The smallest absolute Gasteiger partial charge is 0.188 e. The third-order valence-electron chi connectivity index (χ3n) is 3.36. The zero-order chi connectivity index (χ0) is 15.8. The van der Waals surface area contributed by atoms with E-state index in [-0.39, 0.29) is 0 Å². The molecule has 116 valence electrons. The maximum atomic E-state index is 5.82. The molecule has 0 saturated heterocycles. The molecule has 4 rings (SSSR count). The van der Waals surface area contributed by atoms with Gasteiger partial charge in [-0.25, -0.2) is 9.97 Å². The summed E-state index contributed by atoms with van der Waals surface area (Å²) in [6.45, 7) is 2.60. The molecule has 0 aliphatic carbocycles. The number of hydrogen-bond donors (Lipinski definition) is 2. The minimum Gasteiger partial charge on any atom is -0.492 e. The number of para-hydroxylation sites is 2. The Bertz CT molecular complexity index is 992. The Kier molecular flexibility index (Phi) is 3.51. The van der Waals surface area contributed by atoms with Gasteiger partial charge in [-0.2, -0.15) is 0 Å². The summed E-state index contributed by atoms with van der Waals surface area (Å²) >= 11 is 3.07. The van der Waals surface area contributed by atoms with E-state index in [1.54, 1.807) is 11.3 Å². The van der Waals surface area contributed by atoms with E-state index in [9.17, 15) is 0 Å².